The van der Waals surface area contributed by atoms with Crippen LogP contribution in [0.15, 0.2) is 24.3 Å². The molecule has 2 rings (SSSR count). The van der Waals surface area contributed by atoms with Crippen LogP contribution in [0.3, 0.4) is 0 Å². The summed E-state index contributed by atoms with van der Waals surface area (Å²) in [7, 11) is 0. The molecule has 0 radical (unpaired) electrons. The van der Waals surface area contributed by atoms with E-state index in [0.29, 0.717) is 32.0 Å². The van der Waals surface area contributed by atoms with E-state index < -0.39 is 0 Å². The van der Waals surface area contributed by atoms with E-state index in [4.69, 9.17) is 34.8 Å². The summed E-state index contributed by atoms with van der Waals surface area (Å²) in [6, 6.07) is 6.65. The minimum atomic E-state index is 0.143. The van der Waals surface area contributed by atoms with Crippen LogP contribution in [-0.2, 0) is 0 Å². The molecule has 0 saturated heterocycles. The number of aryl methyl sites for hydroxylation is 1. The highest BCUT2D eigenvalue weighted by molar-refractivity contribution is 6.49. The number of pyridine rings is 1. The lowest BCUT2D eigenvalue weighted by Crippen LogP contribution is -1.89. The summed E-state index contributed by atoms with van der Waals surface area (Å²) in [5.74, 6) is 0.143. The van der Waals surface area contributed by atoms with Crippen molar-refractivity contribution in [1.29, 1.82) is 0 Å². The van der Waals surface area contributed by atoms with Gasteiger partial charge in [-0.25, -0.2) is 4.98 Å². The molecule has 88 valence electrons. The summed E-state index contributed by atoms with van der Waals surface area (Å²) in [4.78, 5) is 4.24. The van der Waals surface area contributed by atoms with E-state index in [0.717, 1.165) is 0 Å². The van der Waals surface area contributed by atoms with E-state index in [1.165, 1.54) is 0 Å². The van der Waals surface area contributed by atoms with E-state index in [1.807, 2.05) is 0 Å². The van der Waals surface area contributed by atoms with Crippen LogP contribution in [0, 0.1) is 6.92 Å². The fraction of sp³-hybridized carbons (Fsp3) is 0.0833. The zero-order valence-corrected chi connectivity index (χ0v) is 11.1. The van der Waals surface area contributed by atoms with E-state index in [1.54, 1.807) is 31.2 Å². The van der Waals surface area contributed by atoms with Crippen LogP contribution in [0.5, 0.6) is 5.75 Å². The lowest BCUT2D eigenvalue weighted by atomic mass is 10.1. The van der Waals surface area contributed by atoms with Gasteiger partial charge in [0.2, 0.25) is 0 Å². The van der Waals surface area contributed by atoms with Gasteiger partial charge in [0, 0.05) is 5.56 Å². The van der Waals surface area contributed by atoms with Crippen molar-refractivity contribution in [2.24, 2.45) is 0 Å². The Kier molecular flexibility index (Phi) is 3.48. The Morgan fingerprint density at radius 1 is 1.00 bits per heavy atom. The average Bonchev–Trinajstić information content (AvgIpc) is 2.30. The van der Waals surface area contributed by atoms with Gasteiger partial charge in [-0.05, 0) is 31.2 Å². The minimum absolute atomic E-state index is 0.143. The maximum absolute atomic E-state index is 9.42. The number of hydrogen-bond acceptors (Lipinski definition) is 2. The van der Waals surface area contributed by atoms with Gasteiger partial charge in [0.1, 0.15) is 5.75 Å². The molecule has 17 heavy (non-hydrogen) atoms. The molecule has 0 amide bonds. The molecule has 1 N–H and O–H groups in total. The minimum Gasteiger partial charge on any atom is -0.506 e. The second kappa shape index (κ2) is 4.73. The van der Waals surface area contributed by atoms with Gasteiger partial charge >= 0.3 is 0 Å². The quantitative estimate of drug-likeness (QED) is 0.770. The number of halogens is 3. The Hall–Kier alpha value is -0.960. The van der Waals surface area contributed by atoms with Crippen LogP contribution in [0.2, 0.25) is 15.1 Å². The predicted octanol–water partition coefficient (Wildman–Crippen LogP) is 4.72. The Morgan fingerprint density at radius 3 is 2.35 bits per heavy atom. The lowest BCUT2D eigenvalue weighted by Gasteiger charge is -2.08. The monoisotopic (exact) mass is 287 g/mol. The van der Waals surface area contributed by atoms with Gasteiger partial charge in [-0.3, -0.25) is 0 Å². The van der Waals surface area contributed by atoms with Crippen molar-refractivity contribution in [3.8, 4) is 17.0 Å². The maximum atomic E-state index is 9.42. The van der Waals surface area contributed by atoms with Gasteiger partial charge in [-0.2, -0.15) is 0 Å². The number of rotatable bonds is 1. The Bertz CT molecular complexity index is 584. The van der Waals surface area contributed by atoms with Crippen molar-refractivity contribution in [3.63, 3.8) is 0 Å². The predicted molar refractivity (Wildman–Crippen MR) is 71.1 cm³/mol. The first-order valence-corrected chi connectivity index (χ1v) is 5.94. The summed E-state index contributed by atoms with van der Waals surface area (Å²) >= 11 is 17.9. The van der Waals surface area contributed by atoms with Crippen molar-refractivity contribution in [3.05, 3.63) is 45.0 Å². The van der Waals surface area contributed by atoms with Crippen LogP contribution in [0.4, 0.5) is 0 Å². The summed E-state index contributed by atoms with van der Waals surface area (Å²) < 4.78 is 0. The number of aromatic hydroxyl groups is 1. The van der Waals surface area contributed by atoms with Gasteiger partial charge in [0.05, 0.1) is 26.5 Å². The van der Waals surface area contributed by atoms with Gasteiger partial charge < -0.3 is 5.11 Å². The molecule has 1 aromatic heterocycles. The van der Waals surface area contributed by atoms with Gasteiger partial charge in [0.25, 0.3) is 0 Å². The lowest BCUT2D eigenvalue weighted by molar-refractivity contribution is 0.468. The van der Waals surface area contributed by atoms with Crippen LogP contribution in [0.1, 0.15) is 5.69 Å². The zero-order valence-electron chi connectivity index (χ0n) is 8.84. The molecule has 1 heterocycles. The van der Waals surface area contributed by atoms with Gasteiger partial charge in [0.15, 0.2) is 0 Å². The fourth-order valence-corrected chi connectivity index (χ4v) is 2.06. The second-order valence-corrected chi connectivity index (χ2v) is 4.69. The van der Waals surface area contributed by atoms with Crippen molar-refractivity contribution in [2.75, 3.05) is 0 Å². The summed E-state index contributed by atoms with van der Waals surface area (Å²) in [5.41, 5.74) is 1.86. The number of benzene rings is 1. The van der Waals surface area contributed by atoms with Crippen molar-refractivity contribution >= 4 is 34.8 Å². The molecule has 0 aliphatic heterocycles. The molecular weight excluding hydrogens is 280 g/mol. The molecule has 1 aromatic carbocycles. The van der Waals surface area contributed by atoms with Crippen LogP contribution < -0.4 is 0 Å². The van der Waals surface area contributed by atoms with Crippen molar-refractivity contribution in [1.82, 2.24) is 4.98 Å². The first-order valence-electron chi connectivity index (χ1n) is 4.81. The average molecular weight is 289 g/mol. The molecule has 2 nitrogen and oxygen atoms in total. The molecule has 0 aliphatic carbocycles. The second-order valence-electron chi connectivity index (χ2n) is 3.52. The number of aromatic nitrogens is 1. The highest BCUT2D eigenvalue weighted by atomic mass is 35.5. The van der Waals surface area contributed by atoms with E-state index in [9.17, 15) is 5.11 Å². The summed E-state index contributed by atoms with van der Waals surface area (Å²) in [6.07, 6.45) is 0. The maximum Gasteiger partial charge on any atom is 0.136 e. The van der Waals surface area contributed by atoms with Crippen LogP contribution >= 0.6 is 34.8 Å². The molecular formula is C12H8Cl3NO. The van der Waals surface area contributed by atoms with E-state index in [2.05, 4.69) is 4.98 Å². The Labute approximate surface area is 114 Å². The molecule has 2 aromatic rings. The van der Waals surface area contributed by atoms with Crippen LogP contribution in [-0.4, -0.2) is 10.1 Å². The molecule has 0 saturated carbocycles. The third-order valence-corrected chi connectivity index (χ3v) is 3.66. The zero-order chi connectivity index (χ0) is 12.6. The highest BCUT2D eigenvalue weighted by Crippen LogP contribution is 2.37. The molecule has 0 aliphatic rings. The molecule has 0 unspecified atom stereocenters. The topological polar surface area (TPSA) is 33.1 Å². The number of hydrogen-bond donors (Lipinski definition) is 1. The van der Waals surface area contributed by atoms with Crippen LogP contribution in [0.25, 0.3) is 11.3 Å². The first-order chi connectivity index (χ1) is 8.00. The molecule has 0 bridgehead atoms. The van der Waals surface area contributed by atoms with Gasteiger partial charge in [-0.15, -0.1) is 0 Å². The highest BCUT2D eigenvalue weighted by Gasteiger charge is 2.12. The molecule has 0 atom stereocenters. The van der Waals surface area contributed by atoms with Gasteiger partial charge in [-0.1, -0.05) is 34.8 Å². The molecule has 5 heteroatoms. The molecule has 0 spiro atoms. The third kappa shape index (κ3) is 2.34. The number of nitrogens with zero attached hydrogens (tertiary/aromatic N) is 1. The summed E-state index contributed by atoms with van der Waals surface area (Å²) in [6.45, 7) is 1.71. The standard InChI is InChI=1S/C12H8Cl3NO/c1-6-10(17)5-4-9(16-6)7-2-3-8(13)12(15)11(7)14/h2-5,17H,1H3. The fourth-order valence-electron chi connectivity index (χ4n) is 1.43. The third-order valence-electron chi connectivity index (χ3n) is 2.37. The smallest absolute Gasteiger partial charge is 0.136 e. The van der Waals surface area contributed by atoms with E-state index >= 15 is 0 Å². The van der Waals surface area contributed by atoms with Crippen molar-refractivity contribution < 1.29 is 5.11 Å². The largest absolute Gasteiger partial charge is 0.506 e. The molecule has 0 fully saturated rings. The Balaban J connectivity index is 2.61. The first kappa shape index (κ1) is 12.5. The van der Waals surface area contributed by atoms with Crippen molar-refractivity contribution in [2.45, 2.75) is 6.92 Å². The van der Waals surface area contributed by atoms with E-state index in [-0.39, 0.29) is 5.75 Å². The Morgan fingerprint density at radius 2 is 1.71 bits per heavy atom. The normalized spacial score (nSPS) is 10.6. The SMILES string of the molecule is Cc1nc(-c2ccc(Cl)c(Cl)c2Cl)ccc1O. The summed E-state index contributed by atoms with van der Waals surface area (Å²) in [5, 5.41) is 10.5.